The molecule has 0 aromatic carbocycles. The molecule has 1 N–H and O–H groups in total. The molecule has 2 aliphatic heterocycles. The second kappa shape index (κ2) is 9.52. The molecule has 156 valence electrons. The van der Waals surface area contributed by atoms with E-state index in [1.165, 1.54) is 0 Å². The van der Waals surface area contributed by atoms with Crippen molar-refractivity contribution < 1.29 is 14.3 Å². The van der Waals surface area contributed by atoms with E-state index in [1.54, 1.807) is 4.90 Å². The van der Waals surface area contributed by atoms with Crippen LogP contribution in [0.3, 0.4) is 0 Å². The fourth-order valence-electron chi connectivity index (χ4n) is 3.48. The van der Waals surface area contributed by atoms with Gasteiger partial charge in [-0.25, -0.2) is 14.8 Å². The van der Waals surface area contributed by atoms with Gasteiger partial charge in [0.25, 0.3) is 0 Å². The number of carbonyl (C=O) groups is 1. The van der Waals surface area contributed by atoms with Crippen molar-refractivity contribution in [1.29, 1.82) is 0 Å². The van der Waals surface area contributed by atoms with Crippen molar-refractivity contribution in [2.45, 2.75) is 45.1 Å². The van der Waals surface area contributed by atoms with E-state index in [4.69, 9.17) is 9.47 Å². The van der Waals surface area contributed by atoms with Gasteiger partial charge >= 0.3 is 6.09 Å². The summed E-state index contributed by atoms with van der Waals surface area (Å²) in [7, 11) is 0. The molecule has 3 rings (SSSR count). The Hall–Kier alpha value is -1.93. The molecule has 0 aliphatic carbocycles. The number of nitrogens with zero attached hydrogens (tertiary/aromatic N) is 4. The second-order valence-corrected chi connectivity index (χ2v) is 8.43. The lowest BCUT2D eigenvalue weighted by Gasteiger charge is -2.35. The van der Waals surface area contributed by atoms with Gasteiger partial charge in [0.1, 0.15) is 5.60 Å². The third-order valence-electron chi connectivity index (χ3n) is 5.05. The predicted molar refractivity (Wildman–Crippen MR) is 108 cm³/mol. The predicted octanol–water partition coefficient (Wildman–Crippen LogP) is 2.34. The summed E-state index contributed by atoms with van der Waals surface area (Å²) in [5.74, 6) is 1.16. The van der Waals surface area contributed by atoms with Crippen molar-refractivity contribution >= 4 is 12.0 Å². The normalized spacial score (nSPS) is 19.5. The molecule has 0 atom stereocenters. The first-order valence-corrected chi connectivity index (χ1v) is 10.3. The molecule has 1 aromatic heterocycles. The lowest BCUT2D eigenvalue weighted by molar-refractivity contribution is 0.0148. The molecular weight excluding hydrogens is 358 g/mol. The van der Waals surface area contributed by atoms with Crippen molar-refractivity contribution in [2.24, 2.45) is 0 Å². The van der Waals surface area contributed by atoms with Crippen LogP contribution in [0.1, 0.15) is 45.2 Å². The van der Waals surface area contributed by atoms with E-state index in [0.717, 1.165) is 57.9 Å². The van der Waals surface area contributed by atoms with Gasteiger partial charge in [0.15, 0.2) is 0 Å². The summed E-state index contributed by atoms with van der Waals surface area (Å²) in [6.07, 6.45) is 3.67. The fraction of sp³-hybridized carbons (Fsp3) is 0.750. The summed E-state index contributed by atoms with van der Waals surface area (Å²) in [4.78, 5) is 25.3. The van der Waals surface area contributed by atoms with Gasteiger partial charge in [-0.2, -0.15) is 0 Å². The Kier molecular flexibility index (Phi) is 7.07. The molecule has 0 bridgehead atoms. The second-order valence-electron chi connectivity index (χ2n) is 8.43. The number of anilines is 1. The summed E-state index contributed by atoms with van der Waals surface area (Å²) in [6.45, 7) is 12.1. The maximum absolute atomic E-state index is 12.1. The average molecular weight is 392 g/mol. The lowest BCUT2D eigenvalue weighted by Crippen LogP contribution is -2.50. The molecule has 0 spiro atoms. The molecule has 1 aromatic rings. The molecular formula is C20H33N5O3. The van der Waals surface area contributed by atoms with Crippen LogP contribution in [0, 0.1) is 0 Å². The first kappa shape index (κ1) is 20.8. The maximum atomic E-state index is 12.1. The van der Waals surface area contributed by atoms with Gasteiger partial charge in [-0.3, -0.25) is 4.90 Å². The maximum Gasteiger partial charge on any atom is 0.410 e. The number of nitrogens with one attached hydrogen (secondary N) is 1. The van der Waals surface area contributed by atoms with Crippen LogP contribution in [0.4, 0.5) is 10.7 Å². The van der Waals surface area contributed by atoms with E-state index in [0.29, 0.717) is 25.0 Å². The van der Waals surface area contributed by atoms with Gasteiger partial charge in [0.2, 0.25) is 5.95 Å². The van der Waals surface area contributed by atoms with Crippen LogP contribution in [-0.4, -0.2) is 83.9 Å². The zero-order valence-electron chi connectivity index (χ0n) is 17.3. The SMILES string of the molecule is CC(C)(C)OC(=O)N1CCN(CCNc2nccc(C3CCOCC3)n2)CC1. The van der Waals surface area contributed by atoms with Crippen LogP contribution in [-0.2, 0) is 9.47 Å². The topological polar surface area (TPSA) is 79.8 Å². The molecule has 8 heteroatoms. The Bertz CT molecular complexity index is 635. The third kappa shape index (κ3) is 6.31. The van der Waals surface area contributed by atoms with E-state index in [2.05, 4.69) is 20.2 Å². The van der Waals surface area contributed by atoms with Gasteiger partial charge in [-0.05, 0) is 39.7 Å². The zero-order valence-corrected chi connectivity index (χ0v) is 17.3. The van der Waals surface area contributed by atoms with Crippen molar-refractivity contribution in [2.75, 3.05) is 57.8 Å². The molecule has 2 aliphatic rings. The Morgan fingerprint density at radius 3 is 2.64 bits per heavy atom. The van der Waals surface area contributed by atoms with E-state index in [-0.39, 0.29) is 6.09 Å². The van der Waals surface area contributed by atoms with Crippen LogP contribution in [0.25, 0.3) is 0 Å². The van der Waals surface area contributed by atoms with Crippen LogP contribution in [0.15, 0.2) is 12.3 Å². The first-order valence-electron chi connectivity index (χ1n) is 10.3. The molecule has 8 nitrogen and oxygen atoms in total. The van der Waals surface area contributed by atoms with Crippen LogP contribution in [0.2, 0.25) is 0 Å². The summed E-state index contributed by atoms with van der Waals surface area (Å²) in [5.41, 5.74) is 0.656. The molecule has 1 amide bonds. The highest BCUT2D eigenvalue weighted by Gasteiger charge is 2.25. The van der Waals surface area contributed by atoms with Crippen LogP contribution >= 0.6 is 0 Å². The van der Waals surface area contributed by atoms with Crippen molar-refractivity contribution in [3.63, 3.8) is 0 Å². The monoisotopic (exact) mass is 391 g/mol. The van der Waals surface area contributed by atoms with E-state index < -0.39 is 5.60 Å². The number of hydrogen-bond acceptors (Lipinski definition) is 7. The quantitative estimate of drug-likeness (QED) is 0.825. The Morgan fingerprint density at radius 1 is 1.25 bits per heavy atom. The molecule has 2 fully saturated rings. The van der Waals surface area contributed by atoms with Crippen LogP contribution in [0.5, 0.6) is 0 Å². The summed E-state index contributed by atoms with van der Waals surface area (Å²) in [6, 6.07) is 2.01. The minimum absolute atomic E-state index is 0.219. The lowest BCUT2D eigenvalue weighted by atomic mass is 9.96. The van der Waals surface area contributed by atoms with E-state index in [1.807, 2.05) is 33.0 Å². The number of hydrogen-bond donors (Lipinski definition) is 1. The standard InChI is InChI=1S/C20H33N5O3/c1-20(2,3)28-19(26)25-12-10-24(11-13-25)9-8-22-18-21-7-4-17(23-18)16-5-14-27-15-6-16/h4,7,16H,5-6,8-15H2,1-3H3,(H,21,22,23). The molecule has 0 unspecified atom stereocenters. The number of carbonyl (C=O) groups excluding carboxylic acids is 1. The smallest absolute Gasteiger partial charge is 0.410 e. The van der Waals surface area contributed by atoms with Gasteiger partial charge in [0, 0.05) is 70.3 Å². The summed E-state index contributed by atoms with van der Waals surface area (Å²) < 4.78 is 10.9. The van der Waals surface area contributed by atoms with Crippen molar-refractivity contribution in [1.82, 2.24) is 19.8 Å². The van der Waals surface area contributed by atoms with Crippen LogP contribution < -0.4 is 5.32 Å². The Balaban J connectivity index is 1.39. The summed E-state index contributed by atoms with van der Waals surface area (Å²) >= 11 is 0. The third-order valence-corrected chi connectivity index (χ3v) is 5.05. The van der Waals surface area contributed by atoms with E-state index in [9.17, 15) is 4.79 Å². The highest BCUT2D eigenvalue weighted by molar-refractivity contribution is 5.68. The number of rotatable bonds is 5. The zero-order chi connectivity index (χ0) is 20.0. The Morgan fingerprint density at radius 2 is 1.96 bits per heavy atom. The highest BCUT2D eigenvalue weighted by Crippen LogP contribution is 2.25. The minimum atomic E-state index is -0.447. The summed E-state index contributed by atoms with van der Waals surface area (Å²) in [5, 5.41) is 3.34. The first-order chi connectivity index (χ1) is 13.4. The number of amides is 1. The van der Waals surface area contributed by atoms with Gasteiger partial charge in [0.05, 0.1) is 0 Å². The average Bonchev–Trinajstić information content (AvgIpc) is 2.68. The highest BCUT2D eigenvalue weighted by atomic mass is 16.6. The fourth-order valence-corrected chi connectivity index (χ4v) is 3.48. The molecule has 28 heavy (non-hydrogen) atoms. The van der Waals surface area contributed by atoms with Crippen molar-refractivity contribution in [3.8, 4) is 0 Å². The minimum Gasteiger partial charge on any atom is -0.444 e. The molecule has 3 heterocycles. The largest absolute Gasteiger partial charge is 0.444 e. The van der Waals surface area contributed by atoms with Gasteiger partial charge in [-0.1, -0.05) is 0 Å². The number of ether oxygens (including phenoxy) is 2. The number of piperazine rings is 1. The van der Waals surface area contributed by atoms with Gasteiger partial charge < -0.3 is 19.7 Å². The Labute approximate surface area is 167 Å². The molecule has 0 saturated carbocycles. The molecule has 2 saturated heterocycles. The van der Waals surface area contributed by atoms with Gasteiger partial charge in [-0.15, -0.1) is 0 Å². The van der Waals surface area contributed by atoms with Crippen molar-refractivity contribution in [3.05, 3.63) is 18.0 Å². The molecule has 0 radical (unpaired) electrons. The van der Waals surface area contributed by atoms with E-state index >= 15 is 0 Å². The number of aromatic nitrogens is 2.